The molecule has 0 fully saturated rings. The Morgan fingerprint density at radius 3 is 1.86 bits per heavy atom. The Hall–Kier alpha value is -3.55. The lowest BCUT2D eigenvalue weighted by atomic mass is 10.3. The summed E-state index contributed by atoms with van der Waals surface area (Å²) >= 11 is 0. The average molecular weight is 386 g/mol. The fourth-order valence-electron chi connectivity index (χ4n) is 2.06. The van der Waals surface area contributed by atoms with Gasteiger partial charge >= 0.3 is 18.2 Å². The number of nitrogens with one attached hydrogen (secondary N) is 2. The normalized spacial score (nSPS) is 12.2. The van der Waals surface area contributed by atoms with Crippen LogP contribution in [-0.4, -0.2) is 36.8 Å². The number of para-hydroxylation sites is 2. The van der Waals surface area contributed by atoms with E-state index >= 15 is 0 Å². The molecular weight excluding hydrogens is 364 g/mol. The van der Waals surface area contributed by atoms with Crippen molar-refractivity contribution >= 4 is 18.2 Å². The zero-order valence-corrected chi connectivity index (χ0v) is 15.6. The molecule has 2 rings (SSSR count). The van der Waals surface area contributed by atoms with Crippen molar-refractivity contribution in [3.05, 3.63) is 60.7 Å². The summed E-state index contributed by atoms with van der Waals surface area (Å²) in [6.45, 7) is 3.13. The minimum atomic E-state index is -0.921. The molecule has 148 valence electrons. The maximum absolute atomic E-state index is 12.0. The fourth-order valence-corrected chi connectivity index (χ4v) is 2.06. The van der Waals surface area contributed by atoms with Crippen LogP contribution in [-0.2, 0) is 9.53 Å². The van der Waals surface area contributed by atoms with Crippen molar-refractivity contribution in [3.8, 4) is 11.5 Å². The molecule has 0 aliphatic rings. The van der Waals surface area contributed by atoms with Gasteiger partial charge in [0.25, 0.3) is 0 Å². The van der Waals surface area contributed by atoms with Gasteiger partial charge in [-0.3, -0.25) is 0 Å². The lowest BCUT2D eigenvalue weighted by molar-refractivity contribution is -0.149. The lowest BCUT2D eigenvalue weighted by Gasteiger charge is -2.18. The van der Waals surface area contributed by atoms with Crippen LogP contribution in [0.4, 0.5) is 9.59 Å². The van der Waals surface area contributed by atoms with E-state index in [1.54, 1.807) is 67.6 Å². The van der Waals surface area contributed by atoms with Gasteiger partial charge in [-0.1, -0.05) is 36.4 Å². The van der Waals surface area contributed by atoms with Crippen LogP contribution < -0.4 is 20.1 Å². The van der Waals surface area contributed by atoms with Crippen LogP contribution >= 0.6 is 0 Å². The first-order valence-electron chi connectivity index (χ1n) is 8.68. The molecule has 0 saturated heterocycles. The topological polar surface area (TPSA) is 103 Å². The van der Waals surface area contributed by atoms with Crippen molar-refractivity contribution in [2.45, 2.75) is 26.0 Å². The number of amides is 2. The quantitative estimate of drug-likeness (QED) is 0.710. The van der Waals surface area contributed by atoms with E-state index in [0.717, 1.165) is 0 Å². The Morgan fingerprint density at radius 2 is 1.32 bits per heavy atom. The first kappa shape index (κ1) is 20.8. The van der Waals surface area contributed by atoms with Gasteiger partial charge in [0.05, 0.1) is 6.54 Å². The summed E-state index contributed by atoms with van der Waals surface area (Å²) in [7, 11) is 0. The molecule has 0 bridgehead atoms. The van der Waals surface area contributed by atoms with E-state index in [1.807, 2.05) is 0 Å². The van der Waals surface area contributed by atoms with Gasteiger partial charge in [0.2, 0.25) is 0 Å². The first-order chi connectivity index (χ1) is 13.4. The molecule has 2 N–H and O–H groups in total. The van der Waals surface area contributed by atoms with E-state index < -0.39 is 30.3 Å². The SMILES string of the molecule is CC(CNC(=O)Oc1ccccc1)OC(=O)[C@H](C)NC(=O)Oc1ccccc1. The van der Waals surface area contributed by atoms with E-state index in [4.69, 9.17) is 14.2 Å². The summed E-state index contributed by atoms with van der Waals surface area (Å²) in [4.78, 5) is 35.5. The van der Waals surface area contributed by atoms with Gasteiger partial charge in [-0.25, -0.2) is 14.4 Å². The number of hydrogen-bond donors (Lipinski definition) is 2. The minimum absolute atomic E-state index is 0.0542. The molecule has 8 heteroatoms. The summed E-state index contributed by atoms with van der Waals surface area (Å²) in [6.07, 6.45) is -2.05. The summed E-state index contributed by atoms with van der Waals surface area (Å²) < 4.78 is 15.3. The number of carbonyl (C=O) groups excluding carboxylic acids is 3. The Balaban J connectivity index is 1.69. The third-order valence-electron chi connectivity index (χ3n) is 3.45. The highest BCUT2D eigenvalue weighted by molar-refractivity contribution is 5.81. The van der Waals surface area contributed by atoms with E-state index in [1.165, 1.54) is 6.92 Å². The molecule has 0 saturated carbocycles. The lowest BCUT2D eigenvalue weighted by Crippen LogP contribution is -2.43. The van der Waals surface area contributed by atoms with Crippen molar-refractivity contribution < 1.29 is 28.6 Å². The van der Waals surface area contributed by atoms with Crippen LogP contribution in [0.1, 0.15) is 13.8 Å². The molecule has 2 amide bonds. The van der Waals surface area contributed by atoms with Crippen LogP contribution in [0.5, 0.6) is 11.5 Å². The molecule has 2 aromatic carbocycles. The molecule has 8 nitrogen and oxygen atoms in total. The molecule has 28 heavy (non-hydrogen) atoms. The Bertz CT molecular complexity index is 782. The van der Waals surface area contributed by atoms with Gasteiger partial charge in [-0.2, -0.15) is 0 Å². The van der Waals surface area contributed by atoms with E-state index in [0.29, 0.717) is 11.5 Å². The number of carbonyl (C=O) groups is 3. The molecule has 1 unspecified atom stereocenters. The van der Waals surface area contributed by atoms with Crippen LogP contribution in [0.25, 0.3) is 0 Å². The number of esters is 1. The van der Waals surface area contributed by atoms with Crippen LogP contribution in [0.2, 0.25) is 0 Å². The minimum Gasteiger partial charge on any atom is -0.459 e. The van der Waals surface area contributed by atoms with Crippen molar-refractivity contribution in [1.29, 1.82) is 0 Å². The van der Waals surface area contributed by atoms with E-state index in [9.17, 15) is 14.4 Å². The highest BCUT2D eigenvalue weighted by Gasteiger charge is 2.21. The summed E-state index contributed by atoms with van der Waals surface area (Å²) in [5.74, 6) is 0.102. The number of hydrogen-bond acceptors (Lipinski definition) is 6. The summed E-state index contributed by atoms with van der Waals surface area (Å²) in [5.41, 5.74) is 0. The third-order valence-corrected chi connectivity index (χ3v) is 3.45. The van der Waals surface area contributed by atoms with Crippen molar-refractivity contribution in [2.24, 2.45) is 0 Å². The monoisotopic (exact) mass is 386 g/mol. The molecule has 0 aromatic heterocycles. The first-order valence-corrected chi connectivity index (χ1v) is 8.68. The van der Waals surface area contributed by atoms with Crippen molar-refractivity contribution in [3.63, 3.8) is 0 Å². The highest BCUT2D eigenvalue weighted by atomic mass is 16.6. The van der Waals surface area contributed by atoms with Gasteiger partial charge in [-0.15, -0.1) is 0 Å². The van der Waals surface area contributed by atoms with Crippen LogP contribution in [0.15, 0.2) is 60.7 Å². The van der Waals surface area contributed by atoms with Crippen LogP contribution in [0.3, 0.4) is 0 Å². The highest BCUT2D eigenvalue weighted by Crippen LogP contribution is 2.09. The van der Waals surface area contributed by atoms with Gasteiger partial charge in [-0.05, 0) is 38.1 Å². The zero-order valence-electron chi connectivity index (χ0n) is 15.6. The molecule has 0 radical (unpaired) electrons. The number of benzene rings is 2. The smallest absolute Gasteiger partial charge is 0.413 e. The molecule has 2 aromatic rings. The zero-order chi connectivity index (χ0) is 20.4. The second-order valence-corrected chi connectivity index (χ2v) is 5.90. The van der Waals surface area contributed by atoms with Gasteiger partial charge in [0.15, 0.2) is 0 Å². The standard InChI is InChI=1S/C20H22N2O6/c1-14(13-21-19(24)27-16-9-5-3-6-10-16)26-18(23)15(2)22-20(25)28-17-11-7-4-8-12-17/h3-12,14-15H,13H2,1-2H3,(H,21,24)(H,22,25)/t14?,15-/m0/s1. The predicted octanol–water partition coefficient (Wildman–Crippen LogP) is 2.88. The molecule has 2 atom stereocenters. The third kappa shape index (κ3) is 7.36. The van der Waals surface area contributed by atoms with Gasteiger partial charge in [0, 0.05) is 0 Å². The van der Waals surface area contributed by atoms with E-state index in [2.05, 4.69) is 10.6 Å². The molecule has 0 aliphatic heterocycles. The Kier molecular flexibility index (Phi) is 7.83. The molecular formula is C20H22N2O6. The molecule has 0 spiro atoms. The maximum atomic E-state index is 12.0. The fraction of sp³-hybridized carbons (Fsp3) is 0.250. The maximum Gasteiger partial charge on any atom is 0.413 e. The predicted molar refractivity (Wildman–Crippen MR) is 101 cm³/mol. The number of ether oxygens (including phenoxy) is 3. The van der Waals surface area contributed by atoms with E-state index in [-0.39, 0.29) is 6.54 Å². The Morgan fingerprint density at radius 1 is 0.821 bits per heavy atom. The Labute approximate surface area is 162 Å². The molecule has 0 heterocycles. The van der Waals surface area contributed by atoms with Gasteiger partial charge < -0.3 is 24.8 Å². The second-order valence-electron chi connectivity index (χ2n) is 5.90. The average Bonchev–Trinajstić information content (AvgIpc) is 2.67. The largest absolute Gasteiger partial charge is 0.459 e. The number of rotatable bonds is 7. The van der Waals surface area contributed by atoms with Crippen molar-refractivity contribution in [2.75, 3.05) is 6.54 Å². The molecule has 0 aliphatic carbocycles. The van der Waals surface area contributed by atoms with Gasteiger partial charge in [0.1, 0.15) is 23.6 Å². The van der Waals surface area contributed by atoms with Crippen LogP contribution in [0, 0.1) is 0 Å². The summed E-state index contributed by atoms with van der Waals surface area (Å²) in [6, 6.07) is 16.1. The summed E-state index contributed by atoms with van der Waals surface area (Å²) in [5, 5.41) is 4.88. The van der Waals surface area contributed by atoms with Crippen molar-refractivity contribution in [1.82, 2.24) is 10.6 Å². The second kappa shape index (κ2) is 10.6.